The molecule has 0 unspecified atom stereocenters. The molecule has 0 atom stereocenters. The Hall–Kier alpha value is -1.60. The molecule has 1 aromatic carbocycles. The molecule has 2 rings (SSSR count). The van der Waals surface area contributed by atoms with E-state index in [-0.39, 0.29) is 17.3 Å². The Morgan fingerprint density at radius 2 is 1.75 bits per heavy atom. The van der Waals surface area contributed by atoms with Crippen molar-refractivity contribution in [1.29, 1.82) is 0 Å². The molecule has 134 valence electrons. The number of hydrogen-bond acceptors (Lipinski definition) is 4. The summed E-state index contributed by atoms with van der Waals surface area (Å²) in [5.74, 6) is 0.482. The predicted molar refractivity (Wildman–Crippen MR) is 92.7 cm³/mol. The third-order valence-electron chi connectivity index (χ3n) is 4.35. The number of ether oxygens (including phenoxy) is 1. The van der Waals surface area contributed by atoms with Crippen molar-refractivity contribution in [3.05, 3.63) is 23.3 Å². The van der Waals surface area contributed by atoms with Gasteiger partial charge in [-0.3, -0.25) is 4.79 Å². The van der Waals surface area contributed by atoms with Gasteiger partial charge in [0.05, 0.1) is 18.6 Å². The van der Waals surface area contributed by atoms with Gasteiger partial charge in [-0.1, -0.05) is 12.8 Å². The van der Waals surface area contributed by atoms with Gasteiger partial charge in [-0.05, 0) is 49.9 Å². The van der Waals surface area contributed by atoms with Crippen LogP contribution in [0.4, 0.5) is 0 Å². The third-order valence-corrected chi connectivity index (χ3v) is 5.90. The molecule has 0 bridgehead atoms. The summed E-state index contributed by atoms with van der Waals surface area (Å²) in [7, 11) is -2.18. The van der Waals surface area contributed by atoms with Gasteiger partial charge < -0.3 is 9.64 Å². The fraction of sp³-hybridized carbons (Fsp3) is 0.588. The van der Waals surface area contributed by atoms with Crippen molar-refractivity contribution in [2.45, 2.75) is 44.4 Å². The van der Waals surface area contributed by atoms with Crippen molar-refractivity contribution >= 4 is 15.9 Å². The molecule has 1 amide bonds. The summed E-state index contributed by atoms with van der Waals surface area (Å²) in [6, 6.07) is 3.27. The van der Waals surface area contributed by atoms with Crippen LogP contribution in [0.15, 0.2) is 17.0 Å². The van der Waals surface area contributed by atoms with Gasteiger partial charge in [0.25, 0.3) is 0 Å². The first-order valence-corrected chi connectivity index (χ1v) is 9.76. The van der Waals surface area contributed by atoms with Crippen LogP contribution in [-0.4, -0.2) is 46.0 Å². The van der Waals surface area contributed by atoms with Crippen LogP contribution in [0.1, 0.15) is 36.8 Å². The van der Waals surface area contributed by atoms with E-state index < -0.39 is 10.0 Å². The number of carbonyl (C=O) groups excluding carboxylic acids is 1. The molecule has 1 saturated heterocycles. The Balaban J connectivity index is 2.08. The zero-order valence-electron chi connectivity index (χ0n) is 14.6. The van der Waals surface area contributed by atoms with Crippen LogP contribution in [-0.2, 0) is 14.8 Å². The minimum absolute atomic E-state index is 0.164. The van der Waals surface area contributed by atoms with Crippen LogP contribution in [0.5, 0.6) is 5.75 Å². The Labute approximate surface area is 144 Å². The van der Waals surface area contributed by atoms with E-state index in [9.17, 15) is 13.2 Å². The molecule has 7 heteroatoms. The Morgan fingerprint density at radius 1 is 1.12 bits per heavy atom. The van der Waals surface area contributed by atoms with Crippen molar-refractivity contribution in [2.24, 2.45) is 0 Å². The number of amides is 1. The highest BCUT2D eigenvalue weighted by molar-refractivity contribution is 7.89. The number of carbonyl (C=O) groups is 1. The van der Waals surface area contributed by atoms with E-state index in [1.165, 1.54) is 0 Å². The average Bonchev–Trinajstić information content (AvgIpc) is 2.83. The second-order valence-corrected chi connectivity index (χ2v) is 7.94. The number of likely N-dealkylation sites (tertiary alicyclic amines) is 1. The molecule has 1 fully saturated rings. The first-order valence-electron chi connectivity index (χ1n) is 8.28. The van der Waals surface area contributed by atoms with E-state index in [0.29, 0.717) is 24.4 Å². The fourth-order valence-electron chi connectivity index (χ4n) is 2.94. The summed E-state index contributed by atoms with van der Waals surface area (Å²) in [6.45, 7) is 4.72. The van der Waals surface area contributed by atoms with E-state index in [2.05, 4.69) is 4.72 Å². The molecule has 0 radical (unpaired) electrons. The molecule has 1 aliphatic heterocycles. The van der Waals surface area contributed by atoms with Crippen molar-refractivity contribution < 1.29 is 17.9 Å². The van der Waals surface area contributed by atoms with Crippen LogP contribution in [0.3, 0.4) is 0 Å². The SMILES string of the molecule is COc1cc(C)c(S(=O)(=O)NCC(=O)N2CCCCCC2)cc1C. The largest absolute Gasteiger partial charge is 0.496 e. The minimum atomic E-state index is -3.73. The molecule has 24 heavy (non-hydrogen) atoms. The molecular weight excluding hydrogens is 328 g/mol. The zero-order valence-corrected chi connectivity index (χ0v) is 15.4. The second-order valence-electron chi connectivity index (χ2n) is 6.21. The minimum Gasteiger partial charge on any atom is -0.496 e. The normalized spacial score (nSPS) is 15.9. The highest BCUT2D eigenvalue weighted by Gasteiger charge is 2.22. The molecular formula is C17H26N2O4S. The summed E-state index contributed by atoms with van der Waals surface area (Å²) in [6.07, 6.45) is 4.21. The number of hydrogen-bond donors (Lipinski definition) is 1. The van der Waals surface area contributed by atoms with Gasteiger partial charge in [0.2, 0.25) is 15.9 Å². The maximum absolute atomic E-state index is 12.5. The topological polar surface area (TPSA) is 75.7 Å². The van der Waals surface area contributed by atoms with Gasteiger partial charge in [0.15, 0.2) is 0 Å². The second kappa shape index (κ2) is 7.98. The summed E-state index contributed by atoms with van der Waals surface area (Å²) >= 11 is 0. The molecule has 1 heterocycles. The number of methoxy groups -OCH3 is 1. The van der Waals surface area contributed by atoms with Gasteiger partial charge >= 0.3 is 0 Å². The van der Waals surface area contributed by atoms with Crippen LogP contribution in [0.2, 0.25) is 0 Å². The lowest BCUT2D eigenvalue weighted by molar-refractivity contribution is -0.129. The van der Waals surface area contributed by atoms with Crippen molar-refractivity contribution in [1.82, 2.24) is 9.62 Å². The van der Waals surface area contributed by atoms with Gasteiger partial charge in [-0.25, -0.2) is 13.1 Å². The lowest BCUT2D eigenvalue weighted by Crippen LogP contribution is -2.40. The zero-order chi connectivity index (χ0) is 17.7. The van der Waals surface area contributed by atoms with Crippen LogP contribution in [0, 0.1) is 13.8 Å². The first kappa shape index (κ1) is 18.7. The van der Waals surface area contributed by atoms with Crippen molar-refractivity contribution in [2.75, 3.05) is 26.7 Å². The van der Waals surface area contributed by atoms with Gasteiger partial charge in [0, 0.05) is 13.1 Å². The number of benzene rings is 1. The smallest absolute Gasteiger partial charge is 0.241 e. The van der Waals surface area contributed by atoms with Crippen LogP contribution < -0.4 is 9.46 Å². The summed E-state index contributed by atoms with van der Waals surface area (Å²) in [4.78, 5) is 14.2. The molecule has 1 aromatic rings. The maximum atomic E-state index is 12.5. The molecule has 0 aromatic heterocycles. The van der Waals surface area contributed by atoms with Crippen LogP contribution >= 0.6 is 0 Å². The molecule has 1 aliphatic rings. The lowest BCUT2D eigenvalue weighted by atomic mass is 10.1. The molecule has 1 N–H and O–H groups in total. The molecule has 6 nitrogen and oxygen atoms in total. The molecule has 0 aliphatic carbocycles. The van der Waals surface area contributed by atoms with Gasteiger partial charge in [-0.15, -0.1) is 0 Å². The quantitative estimate of drug-likeness (QED) is 0.877. The highest BCUT2D eigenvalue weighted by Crippen LogP contribution is 2.25. The Bertz CT molecular complexity index is 693. The molecule has 0 spiro atoms. The Morgan fingerprint density at radius 3 is 2.33 bits per heavy atom. The third kappa shape index (κ3) is 4.48. The number of sulfonamides is 1. The van der Waals surface area contributed by atoms with E-state index in [0.717, 1.165) is 31.2 Å². The number of nitrogens with one attached hydrogen (secondary N) is 1. The standard InChI is InChI=1S/C17H26N2O4S/c1-13-11-16(14(2)10-15(13)23-3)24(21,22)18-12-17(20)19-8-6-4-5-7-9-19/h10-11,18H,4-9,12H2,1-3H3. The maximum Gasteiger partial charge on any atom is 0.241 e. The number of rotatable bonds is 5. The lowest BCUT2D eigenvalue weighted by Gasteiger charge is -2.20. The monoisotopic (exact) mass is 354 g/mol. The Kier molecular flexibility index (Phi) is 6.23. The fourth-order valence-corrected chi connectivity index (χ4v) is 4.22. The highest BCUT2D eigenvalue weighted by atomic mass is 32.2. The summed E-state index contributed by atoms with van der Waals surface area (Å²) in [5.41, 5.74) is 1.33. The molecule has 0 saturated carbocycles. The number of aryl methyl sites for hydroxylation is 2. The van der Waals surface area contributed by atoms with Crippen molar-refractivity contribution in [3.63, 3.8) is 0 Å². The predicted octanol–water partition coefficient (Wildman–Crippen LogP) is 1.99. The summed E-state index contributed by atoms with van der Waals surface area (Å²) in [5, 5.41) is 0. The summed E-state index contributed by atoms with van der Waals surface area (Å²) < 4.78 is 32.7. The van der Waals surface area contributed by atoms with Gasteiger partial charge in [-0.2, -0.15) is 0 Å². The van der Waals surface area contributed by atoms with Crippen molar-refractivity contribution in [3.8, 4) is 5.75 Å². The first-order chi connectivity index (χ1) is 11.3. The van der Waals surface area contributed by atoms with Crippen LogP contribution in [0.25, 0.3) is 0 Å². The van der Waals surface area contributed by atoms with Gasteiger partial charge in [0.1, 0.15) is 5.75 Å². The average molecular weight is 354 g/mol. The van der Waals surface area contributed by atoms with E-state index in [4.69, 9.17) is 4.74 Å². The van der Waals surface area contributed by atoms with E-state index >= 15 is 0 Å². The van der Waals surface area contributed by atoms with E-state index in [1.807, 2.05) is 0 Å². The number of nitrogens with zero attached hydrogens (tertiary/aromatic N) is 1. The van der Waals surface area contributed by atoms with E-state index in [1.54, 1.807) is 38.0 Å².